The topological polar surface area (TPSA) is 76.3 Å². The lowest BCUT2D eigenvalue weighted by atomic mass is 10.2. The van der Waals surface area contributed by atoms with Crippen LogP contribution in [0.25, 0.3) is 5.69 Å². The summed E-state index contributed by atoms with van der Waals surface area (Å²) in [4.78, 5) is 28.7. The largest absolute Gasteiger partial charge is 0.369 e. The molecule has 10 heteroatoms. The second kappa shape index (κ2) is 8.04. The number of anilines is 1. The Balaban J connectivity index is 1.42. The summed E-state index contributed by atoms with van der Waals surface area (Å²) in [6.45, 7) is 1.66. The number of halogens is 2. The third-order valence-corrected chi connectivity index (χ3v) is 5.15. The van der Waals surface area contributed by atoms with Gasteiger partial charge in [0.15, 0.2) is 0 Å². The summed E-state index contributed by atoms with van der Waals surface area (Å²) in [6.07, 6.45) is 0. The number of amides is 1. The number of para-hydroxylation sites is 2. The number of aromatic nitrogens is 4. The van der Waals surface area contributed by atoms with E-state index in [2.05, 4.69) is 10.4 Å². The van der Waals surface area contributed by atoms with E-state index in [1.165, 1.54) is 6.07 Å². The Hall–Kier alpha value is -3.20. The first kappa shape index (κ1) is 19.1. The van der Waals surface area contributed by atoms with Crippen molar-refractivity contribution in [3.05, 3.63) is 69.9 Å². The van der Waals surface area contributed by atoms with Crippen LogP contribution in [0.15, 0.2) is 53.3 Å². The van der Waals surface area contributed by atoms with Gasteiger partial charge in [0.05, 0.1) is 16.4 Å². The van der Waals surface area contributed by atoms with Gasteiger partial charge in [-0.2, -0.15) is 9.36 Å². The SMILES string of the molecule is O=C(Cn1nnn(-c2ccccc2Cl)c1=O)N1CCN(c2ccccc2F)CC1. The Morgan fingerprint density at radius 1 is 0.966 bits per heavy atom. The van der Waals surface area contributed by atoms with Gasteiger partial charge in [0, 0.05) is 26.2 Å². The van der Waals surface area contributed by atoms with Crippen LogP contribution in [0, 0.1) is 5.82 Å². The highest BCUT2D eigenvalue weighted by Crippen LogP contribution is 2.20. The fourth-order valence-electron chi connectivity index (χ4n) is 3.28. The molecule has 0 radical (unpaired) electrons. The van der Waals surface area contributed by atoms with Crippen molar-refractivity contribution in [1.82, 2.24) is 24.7 Å². The monoisotopic (exact) mass is 416 g/mol. The molecule has 0 aliphatic carbocycles. The summed E-state index contributed by atoms with van der Waals surface area (Å²) in [5.74, 6) is -0.526. The van der Waals surface area contributed by atoms with Crippen LogP contribution in [0.5, 0.6) is 0 Å². The van der Waals surface area contributed by atoms with Crippen molar-refractivity contribution in [3.63, 3.8) is 0 Å². The van der Waals surface area contributed by atoms with E-state index in [4.69, 9.17) is 11.6 Å². The van der Waals surface area contributed by atoms with Crippen molar-refractivity contribution in [2.45, 2.75) is 6.54 Å². The molecular weight excluding hydrogens is 399 g/mol. The molecule has 1 amide bonds. The molecule has 150 valence electrons. The van der Waals surface area contributed by atoms with Gasteiger partial charge in [0.1, 0.15) is 12.4 Å². The smallest absolute Gasteiger partial charge is 0.366 e. The molecule has 0 spiro atoms. The number of nitrogens with zero attached hydrogens (tertiary/aromatic N) is 6. The highest BCUT2D eigenvalue weighted by molar-refractivity contribution is 6.32. The van der Waals surface area contributed by atoms with E-state index < -0.39 is 5.69 Å². The van der Waals surface area contributed by atoms with Gasteiger partial charge >= 0.3 is 5.69 Å². The average Bonchev–Trinajstić information content (AvgIpc) is 3.09. The molecule has 1 aromatic heterocycles. The van der Waals surface area contributed by atoms with Crippen LogP contribution in [0.4, 0.5) is 10.1 Å². The number of carbonyl (C=O) groups is 1. The second-order valence-corrected chi connectivity index (χ2v) is 7.01. The zero-order valence-electron chi connectivity index (χ0n) is 15.4. The molecule has 1 aliphatic rings. The quantitative estimate of drug-likeness (QED) is 0.645. The average molecular weight is 417 g/mol. The summed E-state index contributed by atoms with van der Waals surface area (Å²) in [6, 6.07) is 13.3. The van der Waals surface area contributed by atoms with Gasteiger partial charge in [0.25, 0.3) is 0 Å². The number of rotatable bonds is 4. The maximum atomic E-state index is 13.9. The first-order valence-corrected chi connectivity index (χ1v) is 9.47. The molecule has 2 aromatic carbocycles. The van der Waals surface area contributed by atoms with E-state index in [0.29, 0.717) is 42.6 Å². The van der Waals surface area contributed by atoms with E-state index in [-0.39, 0.29) is 18.3 Å². The van der Waals surface area contributed by atoms with Crippen LogP contribution < -0.4 is 10.6 Å². The molecule has 3 aromatic rings. The molecule has 0 saturated carbocycles. The van der Waals surface area contributed by atoms with Crippen LogP contribution in [-0.2, 0) is 11.3 Å². The Morgan fingerprint density at radius 3 is 2.31 bits per heavy atom. The molecular formula is C19H18ClFN6O2. The van der Waals surface area contributed by atoms with Gasteiger partial charge in [0.2, 0.25) is 5.91 Å². The lowest BCUT2D eigenvalue weighted by molar-refractivity contribution is -0.132. The third-order valence-electron chi connectivity index (χ3n) is 4.83. The number of benzene rings is 2. The first-order chi connectivity index (χ1) is 14.0. The summed E-state index contributed by atoms with van der Waals surface area (Å²) >= 11 is 6.10. The van der Waals surface area contributed by atoms with E-state index in [1.807, 2.05) is 4.90 Å². The second-order valence-electron chi connectivity index (χ2n) is 6.60. The Morgan fingerprint density at radius 2 is 1.62 bits per heavy atom. The highest BCUT2D eigenvalue weighted by atomic mass is 35.5. The van der Waals surface area contributed by atoms with Gasteiger partial charge in [-0.15, -0.1) is 0 Å². The molecule has 0 atom stereocenters. The molecule has 0 bridgehead atoms. The maximum Gasteiger partial charge on any atom is 0.369 e. The number of piperazine rings is 1. The fraction of sp³-hybridized carbons (Fsp3) is 0.263. The van der Waals surface area contributed by atoms with E-state index in [1.54, 1.807) is 47.4 Å². The summed E-state index contributed by atoms with van der Waals surface area (Å²) in [5, 5.41) is 7.97. The molecule has 4 rings (SSSR count). The predicted octanol–water partition coefficient (Wildman–Crippen LogP) is 1.57. The lowest BCUT2D eigenvalue weighted by Gasteiger charge is -2.36. The molecule has 8 nitrogen and oxygen atoms in total. The Bertz CT molecular complexity index is 1090. The molecule has 1 saturated heterocycles. The van der Waals surface area contributed by atoms with Gasteiger partial charge < -0.3 is 9.80 Å². The summed E-state index contributed by atoms with van der Waals surface area (Å²) in [7, 11) is 0. The predicted molar refractivity (Wildman–Crippen MR) is 106 cm³/mol. The van der Waals surface area contributed by atoms with Crippen molar-refractivity contribution in [2.75, 3.05) is 31.1 Å². The Labute approximate surface area is 170 Å². The van der Waals surface area contributed by atoms with Crippen LogP contribution in [0.3, 0.4) is 0 Å². The van der Waals surface area contributed by atoms with Crippen molar-refractivity contribution in [3.8, 4) is 5.69 Å². The van der Waals surface area contributed by atoms with Crippen LogP contribution in [0.2, 0.25) is 5.02 Å². The van der Waals surface area contributed by atoms with Crippen molar-refractivity contribution in [2.24, 2.45) is 0 Å². The van der Waals surface area contributed by atoms with Gasteiger partial charge in [-0.3, -0.25) is 4.79 Å². The first-order valence-electron chi connectivity index (χ1n) is 9.09. The minimum atomic E-state index is -0.545. The minimum absolute atomic E-state index is 0.219. The van der Waals surface area contributed by atoms with Crippen molar-refractivity contribution in [1.29, 1.82) is 0 Å². The lowest BCUT2D eigenvalue weighted by Crippen LogP contribution is -2.50. The molecule has 2 heterocycles. The molecule has 0 N–H and O–H groups in total. The number of hydrogen-bond donors (Lipinski definition) is 0. The molecule has 0 unspecified atom stereocenters. The summed E-state index contributed by atoms with van der Waals surface area (Å²) < 4.78 is 16.0. The van der Waals surface area contributed by atoms with Gasteiger partial charge in [-0.05, 0) is 34.7 Å². The molecule has 1 fully saturated rings. The van der Waals surface area contributed by atoms with Gasteiger partial charge in [-0.1, -0.05) is 35.9 Å². The van der Waals surface area contributed by atoms with E-state index in [0.717, 1.165) is 9.36 Å². The van der Waals surface area contributed by atoms with Crippen LogP contribution in [-0.4, -0.2) is 56.8 Å². The maximum absolute atomic E-state index is 13.9. The van der Waals surface area contributed by atoms with Gasteiger partial charge in [-0.25, -0.2) is 9.18 Å². The zero-order chi connectivity index (χ0) is 20.4. The number of hydrogen-bond acceptors (Lipinski definition) is 5. The standard InChI is InChI=1S/C19H18ClFN6O2/c20-14-5-1-3-7-16(14)27-19(29)26(22-23-27)13-18(28)25-11-9-24(10-12-25)17-8-4-2-6-15(17)21/h1-8H,9-13H2. The number of carbonyl (C=O) groups excluding carboxylic acids is 1. The molecule has 29 heavy (non-hydrogen) atoms. The van der Waals surface area contributed by atoms with E-state index >= 15 is 0 Å². The van der Waals surface area contributed by atoms with Crippen molar-refractivity contribution >= 4 is 23.2 Å². The zero-order valence-corrected chi connectivity index (χ0v) is 16.2. The normalized spacial score (nSPS) is 14.3. The highest BCUT2D eigenvalue weighted by Gasteiger charge is 2.24. The van der Waals surface area contributed by atoms with Crippen LogP contribution in [0.1, 0.15) is 0 Å². The third kappa shape index (κ3) is 3.86. The minimum Gasteiger partial charge on any atom is -0.366 e. The Kier molecular flexibility index (Phi) is 5.30. The van der Waals surface area contributed by atoms with Crippen molar-refractivity contribution < 1.29 is 9.18 Å². The summed E-state index contributed by atoms with van der Waals surface area (Å²) in [5.41, 5.74) is 0.381. The van der Waals surface area contributed by atoms with E-state index in [9.17, 15) is 14.0 Å². The number of tetrazole rings is 1. The molecule has 1 aliphatic heterocycles. The van der Waals surface area contributed by atoms with Crippen LogP contribution >= 0.6 is 11.6 Å². The fourth-order valence-corrected chi connectivity index (χ4v) is 3.50.